The Hall–Kier alpha value is -1.55. The lowest BCUT2D eigenvalue weighted by atomic mass is 9.86. The minimum absolute atomic E-state index is 0.0286. The molecule has 2 N–H and O–H groups in total. The Labute approximate surface area is 120 Å². The third-order valence-electron chi connectivity index (χ3n) is 3.49. The third kappa shape index (κ3) is 3.12. The number of carbonyl (C=O) groups is 1. The molecule has 20 heavy (non-hydrogen) atoms. The van der Waals surface area contributed by atoms with Gasteiger partial charge in [0.25, 0.3) is 0 Å². The molecule has 1 aliphatic rings. The van der Waals surface area contributed by atoms with Crippen molar-refractivity contribution < 1.29 is 14.6 Å². The smallest absolute Gasteiger partial charge is 0.412 e. The third-order valence-corrected chi connectivity index (χ3v) is 3.49. The zero-order chi connectivity index (χ0) is 15.1. The van der Waals surface area contributed by atoms with Gasteiger partial charge in [0.05, 0.1) is 6.10 Å². The zero-order valence-corrected chi connectivity index (χ0v) is 12.8. The van der Waals surface area contributed by atoms with E-state index in [4.69, 9.17) is 4.74 Å². The second-order valence-corrected chi connectivity index (χ2v) is 7.03. The fraction of sp³-hybridized carbons (Fsp3) is 0.562. The van der Waals surface area contributed by atoms with Gasteiger partial charge in [-0.15, -0.1) is 0 Å². The van der Waals surface area contributed by atoms with Crippen molar-refractivity contribution in [1.82, 2.24) is 0 Å². The van der Waals surface area contributed by atoms with E-state index in [1.807, 2.05) is 39.0 Å². The number of nitrogens with one attached hydrogen (secondary N) is 1. The average Bonchev–Trinajstić information content (AvgIpc) is 2.46. The summed E-state index contributed by atoms with van der Waals surface area (Å²) in [5.74, 6) is 0. The van der Waals surface area contributed by atoms with Crippen molar-refractivity contribution in [2.45, 2.75) is 58.2 Å². The fourth-order valence-electron chi connectivity index (χ4n) is 2.66. The van der Waals surface area contributed by atoms with E-state index in [1.165, 1.54) is 0 Å². The summed E-state index contributed by atoms with van der Waals surface area (Å²) in [4.78, 5) is 11.7. The number of aliphatic hydroxyl groups is 1. The molecule has 0 aromatic heterocycles. The van der Waals surface area contributed by atoms with Crippen molar-refractivity contribution in [2.24, 2.45) is 0 Å². The first-order valence-electron chi connectivity index (χ1n) is 6.91. The zero-order valence-electron chi connectivity index (χ0n) is 12.8. The Balaban J connectivity index is 2.17. The number of carbonyl (C=O) groups excluding carboxylic acids is 1. The van der Waals surface area contributed by atoms with E-state index in [0.29, 0.717) is 12.1 Å². The molecule has 0 heterocycles. The molecule has 4 heteroatoms. The molecule has 0 saturated heterocycles. The van der Waals surface area contributed by atoms with Crippen LogP contribution >= 0.6 is 0 Å². The van der Waals surface area contributed by atoms with Crippen LogP contribution in [0.3, 0.4) is 0 Å². The molecule has 0 bridgehead atoms. The van der Waals surface area contributed by atoms with Crippen molar-refractivity contribution in [3.8, 4) is 0 Å². The molecule has 0 saturated carbocycles. The van der Waals surface area contributed by atoms with Crippen molar-refractivity contribution in [1.29, 1.82) is 0 Å². The van der Waals surface area contributed by atoms with Crippen LogP contribution in [0.1, 0.15) is 58.3 Å². The number of rotatable bonds is 1. The highest BCUT2D eigenvalue weighted by molar-refractivity contribution is 5.85. The summed E-state index contributed by atoms with van der Waals surface area (Å²) in [6.45, 7) is 9.69. The largest absolute Gasteiger partial charge is 0.444 e. The van der Waals surface area contributed by atoms with Crippen molar-refractivity contribution in [2.75, 3.05) is 5.32 Å². The number of hydrogen-bond donors (Lipinski definition) is 2. The number of amides is 1. The Morgan fingerprint density at radius 2 is 2.05 bits per heavy atom. The van der Waals surface area contributed by atoms with Gasteiger partial charge in [0.2, 0.25) is 0 Å². The van der Waals surface area contributed by atoms with Gasteiger partial charge in [-0.2, -0.15) is 0 Å². The maximum Gasteiger partial charge on any atom is 0.412 e. The highest BCUT2D eigenvalue weighted by atomic mass is 16.6. The molecule has 0 spiro atoms. The Bertz CT molecular complexity index is 529. The molecule has 1 atom stereocenters. The van der Waals surface area contributed by atoms with Crippen molar-refractivity contribution >= 4 is 11.8 Å². The molecule has 2 rings (SSSR count). The van der Waals surface area contributed by atoms with Gasteiger partial charge in [0, 0.05) is 5.69 Å². The Morgan fingerprint density at radius 3 is 2.65 bits per heavy atom. The predicted molar refractivity (Wildman–Crippen MR) is 78.9 cm³/mol. The van der Waals surface area contributed by atoms with Crippen LogP contribution in [0.2, 0.25) is 0 Å². The number of fused-ring (bicyclic) bond motifs is 1. The number of benzene rings is 1. The molecule has 1 amide bonds. The molecule has 1 unspecified atom stereocenters. The van der Waals surface area contributed by atoms with Crippen LogP contribution in [-0.2, 0) is 10.2 Å². The molecular weight excluding hydrogens is 254 g/mol. The van der Waals surface area contributed by atoms with E-state index >= 15 is 0 Å². The predicted octanol–water partition coefficient (Wildman–Crippen LogP) is 3.75. The Morgan fingerprint density at radius 1 is 1.40 bits per heavy atom. The monoisotopic (exact) mass is 277 g/mol. The lowest BCUT2D eigenvalue weighted by Crippen LogP contribution is -2.27. The van der Waals surface area contributed by atoms with E-state index in [1.54, 1.807) is 0 Å². The summed E-state index contributed by atoms with van der Waals surface area (Å²) in [5.41, 5.74) is 2.12. The first-order valence-corrected chi connectivity index (χ1v) is 6.91. The molecule has 4 nitrogen and oxygen atoms in total. The van der Waals surface area contributed by atoms with Gasteiger partial charge in [0.15, 0.2) is 0 Å². The van der Waals surface area contributed by atoms with Gasteiger partial charge >= 0.3 is 6.09 Å². The van der Waals surface area contributed by atoms with Crippen LogP contribution in [0.15, 0.2) is 18.2 Å². The second-order valence-electron chi connectivity index (χ2n) is 7.03. The van der Waals surface area contributed by atoms with Crippen molar-refractivity contribution in [3.05, 3.63) is 29.3 Å². The molecular formula is C16H23NO3. The first-order chi connectivity index (χ1) is 9.08. The summed E-state index contributed by atoms with van der Waals surface area (Å²) in [5, 5.41) is 12.8. The van der Waals surface area contributed by atoms with Crippen LogP contribution in [0, 0.1) is 0 Å². The second kappa shape index (κ2) is 4.77. The van der Waals surface area contributed by atoms with E-state index in [0.717, 1.165) is 11.1 Å². The highest BCUT2D eigenvalue weighted by Gasteiger charge is 2.35. The van der Waals surface area contributed by atoms with Gasteiger partial charge < -0.3 is 9.84 Å². The first kappa shape index (κ1) is 14.9. The molecule has 0 aliphatic heterocycles. The molecule has 1 aromatic rings. The Kier molecular flexibility index (Phi) is 3.54. The van der Waals surface area contributed by atoms with Crippen LogP contribution in [0.25, 0.3) is 0 Å². The summed E-state index contributed by atoms with van der Waals surface area (Å²) < 4.78 is 5.22. The summed E-state index contributed by atoms with van der Waals surface area (Å²) >= 11 is 0. The maximum atomic E-state index is 11.7. The van der Waals surface area contributed by atoms with Crippen LogP contribution in [-0.4, -0.2) is 16.8 Å². The van der Waals surface area contributed by atoms with E-state index in [9.17, 15) is 9.90 Å². The summed E-state index contributed by atoms with van der Waals surface area (Å²) in [6, 6.07) is 5.65. The molecule has 110 valence electrons. The van der Waals surface area contributed by atoms with Crippen LogP contribution in [0.5, 0.6) is 0 Å². The minimum atomic E-state index is -0.525. The number of aliphatic hydroxyl groups excluding tert-OH is 1. The standard InChI is InChI=1S/C16H23NO3/c1-15(2,3)20-14(19)17-10-6-7-12-11(8-10)13(18)9-16(12,4)5/h6-8,13,18H,9H2,1-5H3,(H,17,19). The van der Waals surface area contributed by atoms with Crippen LogP contribution < -0.4 is 5.32 Å². The van der Waals surface area contributed by atoms with E-state index in [2.05, 4.69) is 19.2 Å². The summed E-state index contributed by atoms with van der Waals surface area (Å²) in [7, 11) is 0. The maximum absolute atomic E-state index is 11.7. The SMILES string of the molecule is CC(C)(C)OC(=O)Nc1ccc2c(c1)C(O)CC2(C)C. The molecule has 1 aromatic carbocycles. The fourth-order valence-corrected chi connectivity index (χ4v) is 2.66. The number of ether oxygens (including phenoxy) is 1. The van der Waals surface area contributed by atoms with Gasteiger partial charge in [-0.1, -0.05) is 19.9 Å². The topological polar surface area (TPSA) is 58.6 Å². The van der Waals surface area contributed by atoms with E-state index < -0.39 is 17.8 Å². The number of hydrogen-bond acceptors (Lipinski definition) is 3. The highest BCUT2D eigenvalue weighted by Crippen LogP contribution is 2.45. The average molecular weight is 277 g/mol. The number of anilines is 1. The normalized spacial score (nSPS) is 20.4. The minimum Gasteiger partial charge on any atom is -0.444 e. The lowest BCUT2D eigenvalue weighted by Gasteiger charge is -2.20. The quantitative estimate of drug-likeness (QED) is 0.822. The summed E-state index contributed by atoms with van der Waals surface area (Å²) in [6.07, 6.45) is -0.248. The van der Waals surface area contributed by atoms with Gasteiger partial charge in [-0.3, -0.25) is 5.32 Å². The molecule has 0 fully saturated rings. The van der Waals surface area contributed by atoms with Gasteiger partial charge in [-0.25, -0.2) is 4.79 Å². The molecule has 0 radical (unpaired) electrons. The molecule has 1 aliphatic carbocycles. The lowest BCUT2D eigenvalue weighted by molar-refractivity contribution is 0.0636. The van der Waals surface area contributed by atoms with E-state index in [-0.39, 0.29) is 5.41 Å². The van der Waals surface area contributed by atoms with Crippen molar-refractivity contribution in [3.63, 3.8) is 0 Å². The van der Waals surface area contributed by atoms with Gasteiger partial charge in [-0.05, 0) is 55.9 Å². The van der Waals surface area contributed by atoms with Gasteiger partial charge in [0.1, 0.15) is 5.60 Å². The van der Waals surface area contributed by atoms with Crippen LogP contribution in [0.4, 0.5) is 10.5 Å².